The molecule has 1 heterocycles. The van der Waals surface area contributed by atoms with Crippen molar-refractivity contribution in [1.82, 2.24) is 4.90 Å². The SMILES string of the molecule is CCOc1cc(C2CN=C(N)N2C)ccc1OC(F)F. The topological polar surface area (TPSA) is 60.1 Å². The lowest BCUT2D eigenvalue weighted by atomic mass is 10.1. The highest BCUT2D eigenvalue weighted by Crippen LogP contribution is 2.34. The van der Waals surface area contributed by atoms with Crippen molar-refractivity contribution in [3.05, 3.63) is 23.8 Å². The number of benzene rings is 1. The number of guanidine groups is 1. The van der Waals surface area contributed by atoms with Crippen LogP contribution in [0, 0.1) is 0 Å². The van der Waals surface area contributed by atoms with Crippen molar-refractivity contribution >= 4 is 5.96 Å². The number of ether oxygens (including phenoxy) is 2. The summed E-state index contributed by atoms with van der Waals surface area (Å²) in [6, 6.07) is 4.87. The molecule has 0 radical (unpaired) electrons. The Bertz CT molecular complexity index is 508. The van der Waals surface area contributed by atoms with Crippen molar-refractivity contribution in [3.8, 4) is 11.5 Å². The van der Waals surface area contributed by atoms with Gasteiger partial charge in [-0.15, -0.1) is 0 Å². The molecule has 0 bridgehead atoms. The first-order valence-electron chi connectivity index (χ1n) is 6.27. The molecule has 1 aromatic carbocycles. The van der Waals surface area contributed by atoms with E-state index in [1.807, 2.05) is 11.9 Å². The van der Waals surface area contributed by atoms with Crippen LogP contribution < -0.4 is 15.2 Å². The predicted molar refractivity (Wildman–Crippen MR) is 71.2 cm³/mol. The van der Waals surface area contributed by atoms with Crippen LogP contribution in [0.2, 0.25) is 0 Å². The predicted octanol–water partition coefficient (Wildman–Crippen LogP) is 1.99. The molecule has 0 fully saturated rings. The van der Waals surface area contributed by atoms with E-state index in [1.54, 1.807) is 19.1 Å². The number of nitrogens with two attached hydrogens (primary N) is 1. The maximum atomic E-state index is 12.3. The van der Waals surface area contributed by atoms with Crippen LogP contribution in [0.1, 0.15) is 18.5 Å². The second-order valence-electron chi connectivity index (χ2n) is 4.34. The molecule has 5 nitrogen and oxygen atoms in total. The number of likely N-dealkylation sites (N-methyl/N-ethyl adjacent to an activating group) is 1. The van der Waals surface area contributed by atoms with E-state index in [9.17, 15) is 8.78 Å². The van der Waals surface area contributed by atoms with Crippen LogP contribution >= 0.6 is 0 Å². The van der Waals surface area contributed by atoms with Crippen molar-refractivity contribution in [3.63, 3.8) is 0 Å². The third kappa shape index (κ3) is 2.92. The van der Waals surface area contributed by atoms with Gasteiger partial charge in [0.05, 0.1) is 19.2 Å². The summed E-state index contributed by atoms with van der Waals surface area (Å²) in [5.41, 5.74) is 6.61. The van der Waals surface area contributed by atoms with E-state index < -0.39 is 6.61 Å². The molecule has 2 rings (SSSR count). The maximum absolute atomic E-state index is 12.3. The van der Waals surface area contributed by atoms with Crippen molar-refractivity contribution in [2.24, 2.45) is 10.7 Å². The number of aliphatic imine (C=N–C) groups is 1. The molecule has 0 aliphatic carbocycles. The minimum atomic E-state index is -2.88. The molecule has 1 unspecified atom stereocenters. The number of nitrogens with zero attached hydrogens (tertiary/aromatic N) is 2. The maximum Gasteiger partial charge on any atom is 0.387 e. The molecular formula is C13H17F2N3O2. The number of rotatable bonds is 5. The van der Waals surface area contributed by atoms with Crippen LogP contribution in [0.15, 0.2) is 23.2 Å². The van der Waals surface area contributed by atoms with Crippen molar-refractivity contribution in [1.29, 1.82) is 0 Å². The standard InChI is InChI=1S/C13H17F2N3O2/c1-3-19-11-6-8(4-5-10(11)20-12(14)15)9-7-17-13(16)18(9)2/h4-6,9,12H,3,7H2,1-2H3,(H2,16,17). The zero-order chi connectivity index (χ0) is 14.7. The molecule has 1 aliphatic rings. The van der Waals surface area contributed by atoms with Crippen LogP contribution in [-0.2, 0) is 0 Å². The van der Waals surface area contributed by atoms with E-state index in [-0.39, 0.29) is 11.8 Å². The fraction of sp³-hybridized carbons (Fsp3) is 0.462. The molecule has 0 aromatic heterocycles. The molecule has 0 spiro atoms. The molecular weight excluding hydrogens is 268 g/mol. The van der Waals surface area contributed by atoms with E-state index in [0.29, 0.717) is 24.9 Å². The van der Waals surface area contributed by atoms with Crippen molar-refractivity contribution in [2.75, 3.05) is 20.2 Å². The first-order valence-corrected chi connectivity index (χ1v) is 6.27. The number of alkyl halides is 2. The van der Waals surface area contributed by atoms with E-state index in [0.717, 1.165) is 5.56 Å². The fourth-order valence-corrected chi connectivity index (χ4v) is 2.10. The Balaban J connectivity index is 2.26. The second kappa shape index (κ2) is 5.94. The number of halogens is 2. The Labute approximate surface area is 116 Å². The van der Waals surface area contributed by atoms with Gasteiger partial charge in [-0.1, -0.05) is 6.07 Å². The van der Waals surface area contributed by atoms with Gasteiger partial charge in [0.25, 0.3) is 0 Å². The lowest BCUT2D eigenvalue weighted by Crippen LogP contribution is -2.32. The molecule has 0 saturated heterocycles. The molecule has 7 heteroatoms. The monoisotopic (exact) mass is 285 g/mol. The Hall–Kier alpha value is -2.05. The summed E-state index contributed by atoms with van der Waals surface area (Å²) in [5, 5.41) is 0. The van der Waals surface area contributed by atoms with Crippen LogP contribution in [0.4, 0.5) is 8.78 Å². The summed E-state index contributed by atoms with van der Waals surface area (Å²) in [5.74, 6) is 0.783. The van der Waals surface area contributed by atoms with Gasteiger partial charge < -0.3 is 20.1 Å². The van der Waals surface area contributed by atoms with Gasteiger partial charge in [-0.05, 0) is 24.6 Å². The average Bonchev–Trinajstić information content (AvgIpc) is 2.72. The van der Waals surface area contributed by atoms with E-state index in [2.05, 4.69) is 9.73 Å². The minimum absolute atomic E-state index is 0.0187. The van der Waals surface area contributed by atoms with Gasteiger partial charge in [0, 0.05) is 7.05 Å². The zero-order valence-corrected chi connectivity index (χ0v) is 11.3. The first kappa shape index (κ1) is 14.4. The Morgan fingerprint density at radius 1 is 1.45 bits per heavy atom. The van der Waals surface area contributed by atoms with Gasteiger partial charge in [-0.3, -0.25) is 4.99 Å². The molecule has 1 aromatic rings. The lowest BCUT2D eigenvalue weighted by Gasteiger charge is -2.22. The highest BCUT2D eigenvalue weighted by atomic mass is 19.3. The van der Waals surface area contributed by atoms with Crippen LogP contribution in [0.3, 0.4) is 0 Å². The first-order chi connectivity index (χ1) is 9.52. The molecule has 0 amide bonds. The van der Waals surface area contributed by atoms with Crippen LogP contribution in [0.5, 0.6) is 11.5 Å². The molecule has 0 saturated carbocycles. The summed E-state index contributed by atoms with van der Waals surface area (Å²) < 4.78 is 34.5. The Kier molecular flexibility index (Phi) is 4.26. The summed E-state index contributed by atoms with van der Waals surface area (Å²) in [6.45, 7) is -0.208. The largest absolute Gasteiger partial charge is 0.490 e. The van der Waals surface area contributed by atoms with Gasteiger partial charge in [0.2, 0.25) is 0 Å². The highest BCUT2D eigenvalue weighted by Gasteiger charge is 2.25. The Morgan fingerprint density at radius 3 is 2.75 bits per heavy atom. The molecule has 110 valence electrons. The van der Waals surface area contributed by atoms with Gasteiger partial charge >= 0.3 is 6.61 Å². The Morgan fingerprint density at radius 2 is 2.20 bits per heavy atom. The van der Waals surface area contributed by atoms with Crippen LogP contribution in [0.25, 0.3) is 0 Å². The summed E-state index contributed by atoms with van der Waals surface area (Å²) in [4.78, 5) is 5.98. The van der Waals surface area contributed by atoms with Gasteiger partial charge in [0.15, 0.2) is 17.5 Å². The second-order valence-corrected chi connectivity index (χ2v) is 4.34. The van der Waals surface area contributed by atoms with Gasteiger partial charge in [-0.2, -0.15) is 8.78 Å². The highest BCUT2D eigenvalue weighted by molar-refractivity contribution is 5.80. The van der Waals surface area contributed by atoms with Crippen LogP contribution in [-0.4, -0.2) is 37.7 Å². The molecule has 1 atom stereocenters. The summed E-state index contributed by atoms with van der Waals surface area (Å²) in [6.07, 6.45) is 0. The van der Waals surface area contributed by atoms with Gasteiger partial charge in [-0.25, -0.2) is 0 Å². The van der Waals surface area contributed by atoms with Crippen molar-refractivity contribution < 1.29 is 18.3 Å². The number of hydrogen-bond donors (Lipinski definition) is 1. The van der Waals surface area contributed by atoms with E-state index in [1.165, 1.54) is 6.07 Å². The van der Waals surface area contributed by atoms with Gasteiger partial charge in [0.1, 0.15) is 0 Å². The van der Waals surface area contributed by atoms with E-state index in [4.69, 9.17) is 10.5 Å². The average molecular weight is 285 g/mol. The normalized spacial score (nSPS) is 18.4. The summed E-state index contributed by atoms with van der Waals surface area (Å²) in [7, 11) is 1.83. The fourth-order valence-electron chi connectivity index (χ4n) is 2.10. The van der Waals surface area contributed by atoms with E-state index >= 15 is 0 Å². The molecule has 2 N–H and O–H groups in total. The van der Waals surface area contributed by atoms with Crippen molar-refractivity contribution in [2.45, 2.75) is 19.6 Å². The zero-order valence-electron chi connectivity index (χ0n) is 11.3. The number of hydrogen-bond acceptors (Lipinski definition) is 5. The molecule has 1 aliphatic heterocycles. The third-order valence-corrected chi connectivity index (χ3v) is 3.12. The third-order valence-electron chi connectivity index (χ3n) is 3.12. The molecule has 20 heavy (non-hydrogen) atoms. The minimum Gasteiger partial charge on any atom is -0.490 e. The quantitative estimate of drug-likeness (QED) is 0.898. The summed E-state index contributed by atoms with van der Waals surface area (Å²) >= 11 is 0. The lowest BCUT2D eigenvalue weighted by molar-refractivity contribution is -0.0514. The smallest absolute Gasteiger partial charge is 0.387 e.